The molecule has 4 rings (SSSR count). The predicted octanol–water partition coefficient (Wildman–Crippen LogP) is 5.22. The molecular weight excluding hydrogens is 400 g/mol. The number of carbonyl (C=O) groups excluding carboxylic acids is 2. The van der Waals surface area contributed by atoms with E-state index in [4.69, 9.17) is 4.74 Å². The maximum absolute atomic E-state index is 13.5. The Balaban J connectivity index is 1.76. The van der Waals surface area contributed by atoms with E-state index in [-0.39, 0.29) is 17.5 Å². The third-order valence-electron chi connectivity index (χ3n) is 5.70. The molecule has 0 aromatic heterocycles. The lowest BCUT2D eigenvalue weighted by Crippen LogP contribution is -2.32. The number of amides is 2. The quantitative estimate of drug-likeness (QED) is 0.527. The number of benzene rings is 3. The first-order valence-corrected chi connectivity index (χ1v) is 10.8. The highest BCUT2D eigenvalue weighted by atomic mass is 16.5. The molecule has 2 amide bonds. The molecule has 0 radical (unpaired) electrons. The van der Waals surface area contributed by atoms with Crippen molar-refractivity contribution < 1.29 is 14.3 Å². The van der Waals surface area contributed by atoms with Gasteiger partial charge in [-0.2, -0.15) is 0 Å². The van der Waals surface area contributed by atoms with E-state index < -0.39 is 0 Å². The standard InChI is InChI=1S/C27H26N2O3/c1-4-18-6-12-21(13-7-18)28-25-24(20-10-16-23(32-3)17-11-20)26(30)29(27(25)31)22-14-8-19(5-2)9-15-22/h6-17,28H,4-5H2,1-3H3. The number of anilines is 2. The summed E-state index contributed by atoms with van der Waals surface area (Å²) in [7, 11) is 1.59. The van der Waals surface area contributed by atoms with Gasteiger partial charge in [0.25, 0.3) is 11.8 Å². The van der Waals surface area contributed by atoms with Crippen LogP contribution in [0.15, 0.2) is 78.5 Å². The van der Waals surface area contributed by atoms with Crippen LogP contribution in [0.2, 0.25) is 0 Å². The molecule has 5 heteroatoms. The van der Waals surface area contributed by atoms with E-state index in [0.29, 0.717) is 22.6 Å². The fraction of sp³-hybridized carbons (Fsp3) is 0.185. The van der Waals surface area contributed by atoms with Crippen molar-refractivity contribution in [1.82, 2.24) is 0 Å². The summed E-state index contributed by atoms with van der Waals surface area (Å²) in [5.41, 5.74) is 4.93. The van der Waals surface area contributed by atoms with Crippen LogP contribution in [0.4, 0.5) is 11.4 Å². The second kappa shape index (κ2) is 9.10. The summed E-state index contributed by atoms with van der Waals surface area (Å²) >= 11 is 0. The lowest BCUT2D eigenvalue weighted by atomic mass is 10.0. The maximum Gasteiger partial charge on any atom is 0.282 e. The van der Waals surface area contributed by atoms with E-state index in [1.54, 1.807) is 31.4 Å². The molecule has 1 aliphatic rings. The maximum atomic E-state index is 13.5. The van der Waals surface area contributed by atoms with Gasteiger partial charge in [-0.05, 0) is 65.9 Å². The Kier molecular flexibility index (Phi) is 6.08. The summed E-state index contributed by atoms with van der Waals surface area (Å²) in [5.74, 6) is -0.0375. The monoisotopic (exact) mass is 426 g/mol. The van der Waals surface area contributed by atoms with Gasteiger partial charge >= 0.3 is 0 Å². The van der Waals surface area contributed by atoms with Gasteiger partial charge < -0.3 is 10.1 Å². The highest BCUT2D eigenvalue weighted by Gasteiger charge is 2.40. The highest BCUT2D eigenvalue weighted by molar-refractivity contribution is 6.46. The van der Waals surface area contributed by atoms with Crippen molar-refractivity contribution in [3.8, 4) is 5.75 Å². The number of ether oxygens (including phenoxy) is 1. The van der Waals surface area contributed by atoms with Crippen LogP contribution >= 0.6 is 0 Å². The molecular formula is C27H26N2O3. The van der Waals surface area contributed by atoms with Crippen LogP contribution in [0.5, 0.6) is 5.75 Å². The SMILES string of the molecule is CCc1ccc(NC2=C(c3ccc(OC)cc3)C(=O)N(c3ccc(CC)cc3)C2=O)cc1. The average Bonchev–Trinajstić information content (AvgIpc) is 3.08. The first-order valence-electron chi connectivity index (χ1n) is 10.8. The van der Waals surface area contributed by atoms with Gasteiger partial charge in [-0.25, -0.2) is 4.90 Å². The van der Waals surface area contributed by atoms with E-state index in [0.717, 1.165) is 24.1 Å². The molecule has 3 aromatic rings. The van der Waals surface area contributed by atoms with E-state index in [1.165, 1.54) is 10.5 Å². The number of aryl methyl sites for hydroxylation is 2. The molecule has 1 heterocycles. The number of rotatable bonds is 7. The minimum atomic E-state index is -0.371. The van der Waals surface area contributed by atoms with Crippen LogP contribution in [-0.4, -0.2) is 18.9 Å². The average molecular weight is 427 g/mol. The molecule has 3 aromatic carbocycles. The zero-order valence-electron chi connectivity index (χ0n) is 18.5. The summed E-state index contributed by atoms with van der Waals surface area (Å²) in [6.07, 6.45) is 1.82. The smallest absolute Gasteiger partial charge is 0.282 e. The molecule has 1 N–H and O–H groups in total. The summed E-state index contributed by atoms with van der Waals surface area (Å²) in [4.78, 5) is 28.2. The van der Waals surface area contributed by atoms with Gasteiger partial charge in [0.2, 0.25) is 0 Å². The Bertz CT molecular complexity index is 1160. The Morgan fingerprint density at radius 3 is 1.84 bits per heavy atom. The molecule has 0 spiro atoms. The lowest BCUT2D eigenvalue weighted by molar-refractivity contribution is -0.120. The van der Waals surface area contributed by atoms with E-state index in [2.05, 4.69) is 19.2 Å². The van der Waals surface area contributed by atoms with E-state index in [1.807, 2.05) is 48.5 Å². The number of nitrogens with zero attached hydrogens (tertiary/aromatic N) is 1. The molecule has 0 saturated heterocycles. The van der Waals surface area contributed by atoms with E-state index >= 15 is 0 Å². The second-order valence-electron chi connectivity index (χ2n) is 7.62. The summed E-state index contributed by atoms with van der Waals surface area (Å²) in [5, 5.41) is 3.21. The number of imide groups is 1. The fourth-order valence-electron chi connectivity index (χ4n) is 3.75. The molecule has 0 fully saturated rings. The molecule has 5 nitrogen and oxygen atoms in total. The minimum Gasteiger partial charge on any atom is -0.497 e. The second-order valence-corrected chi connectivity index (χ2v) is 7.62. The molecule has 0 atom stereocenters. The summed E-state index contributed by atoms with van der Waals surface area (Å²) in [6, 6.07) is 22.6. The van der Waals surface area contributed by atoms with Gasteiger partial charge in [0.15, 0.2) is 0 Å². The van der Waals surface area contributed by atoms with Gasteiger partial charge in [-0.15, -0.1) is 0 Å². The minimum absolute atomic E-state index is 0.268. The van der Waals surface area contributed by atoms with Crippen molar-refractivity contribution in [2.45, 2.75) is 26.7 Å². The normalized spacial score (nSPS) is 13.7. The lowest BCUT2D eigenvalue weighted by Gasteiger charge is -2.16. The Labute approximate surface area is 188 Å². The van der Waals surface area contributed by atoms with Crippen LogP contribution < -0.4 is 15.0 Å². The number of hydrogen-bond acceptors (Lipinski definition) is 4. The zero-order valence-corrected chi connectivity index (χ0v) is 18.5. The Hall–Kier alpha value is -3.86. The predicted molar refractivity (Wildman–Crippen MR) is 128 cm³/mol. The fourth-order valence-corrected chi connectivity index (χ4v) is 3.75. The first-order chi connectivity index (χ1) is 15.5. The van der Waals surface area contributed by atoms with Gasteiger partial charge in [0.05, 0.1) is 18.4 Å². The topological polar surface area (TPSA) is 58.6 Å². The Morgan fingerprint density at radius 2 is 1.31 bits per heavy atom. The molecule has 1 aliphatic heterocycles. The Morgan fingerprint density at radius 1 is 0.750 bits per heavy atom. The van der Waals surface area contributed by atoms with Gasteiger partial charge in [-0.1, -0.05) is 50.2 Å². The van der Waals surface area contributed by atoms with Gasteiger partial charge in [-0.3, -0.25) is 9.59 Å². The molecule has 0 aliphatic carbocycles. The number of nitrogens with one attached hydrogen (secondary N) is 1. The molecule has 32 heavy (non-hydrogen) atoms. The third kappa shape index (κ3) is 4.02. The number of carbonyl (C=O) groups is 2. The van der Waals surface area contributed by atoms with Crippen molar-refractivity contribution in [3.63, 3.8) is 0 Å². The van der Waals surface area contributed by atoms with Crippen LogP contribution in [-0.2, 0) is 22.4 Å². The largest absolute Gasteiger partial charge is 0.497 e. The highest BCUT2D eigenvalue weighted by Crippen LogP contribution is 2.34. The van der Waals surface area contributed by atoms with Crippen molar-refractivity contribution in [3.05, 3.63) is 95.2 Å². The van der Waals surface area contributed by atoms with Gasteiger partial charge in [0, 0.05) is 5.69 Å². The molecule has 0 bridgehead atoms. The van der Waals surface area contributed by atoms with Crippen molar-refractivity contribution in [2.75, 3.05) is 17.3 Å². The molecule has 162 valence electrons. The van der Waals surface area contributed by atoms with E-state index in [9.17, 15) is 9.59 Å². The van der Waals surface area contributed by atoms with Crippen LogP contribution in [0, 0.1) is 0 Å². The summed E-state index contributed by atoms with van der Waals surface area (Å²) in [6.45, 7) is 4.16. The van der Waals surface area contributed by atoms with Crippen molar-refractivity contribution >= 4 is 28.8 Å². The van der Waals surface area contributed by atoms with Crippen molar-refractivity contribution in [1.29, 1.82) is 0 Å². The molecule has 0 unspecified atom stereocenters. The third-order valence-corrected chi connectivity index (χ3v) is 5.70. The van der Waals surface area contributed by atoms with Gasteiger partial charge in [0.1, 0.15) is 11.4 Å². The molecule has 0 saturated carbocycles. The van der Waals surface area contributed by atoms with Crippen LogP contribution in [0.1, 0.15) is 30.5 Å². The van der Waals surface area contributed by atoms with Crippen LogP contribution in [0.25, 0.3) is 5.57 Å². The summed E-state index contributed by atoms with van der Waals surface area (Å²) < 4.78 is 5.24. The van der Waals surface area contributed by atoms with Crippen molar-refractivity contribution in [2.24, 2.45) is 0 Å². The van der Waals surface area contributed by atoms with Crippen LogP contribution in [0.3, 0.4) is 0 Å². The number of hydrogen-bond donors (Lipinski definition) is 1. The first kappa shape index (κ1) is 21.4. The number of methoxy groups -OCH3 is 1. The zero-order chi connectivity index (χ0) is 22.7.